The first-order valence-corrected chi connectivity index (χ1v) is 20.1. The molecule has 2 N–H and O–H groups in total. The molecule has 46 heavy (non-hydrogen) atoms. The van der Waals surface area contributed by atoms with Crippen molar-refractivity contribution in [1.29, 1.82) is 10.5 Å². The number of thioether (sulfide) groups is 4. The Morgan fingerprint density at radius 2 is 1.20 bits per heavy atom. The van der Waals surface area contributed by atoms with Gasteiger partial charge in [0.05, 0.1) is 77.6 Å². The van der Waals surface area contributed by atoms with Crippen LogP contribution in [0.5, 0.6) is 11.5 Å². The minimum absolute atomic E-state index is 0.0559. The topological polar surface area (TPSA) is 220 Å². The lowest BCUT2D eigenvalue weighted by atomic mass is 10.3. The van der Waals surface area contributed by atoms with E-state index in [0.29, 0.717) is 39.6 Å². The summed E-state index contributed by atoms with van der Waals surface area (Å²) in [6.07, 6.45) is 0.800. The molecule has 0 saturated heterocycles. The molecule has 0 saturated carbocycles. The normalized spacial score (nSPS) is 13.9. The van der Waals surface area contributed by atoms with Crippen molar-refractivity contribution in [3.8, 4) is 23.6 Å². The molecule has 0 fully saturated rings. The van der Waals surface area contributed by atoms with Gasteiger partial charge in [0.25, 0.3) is 20.2 Å². The van der Waals surface area contributed by atoms with Gasteiger partial charge in [-0.1, -0.05) is 47.0 Å². The molecule has 20 heteroatoms. The summed E-state index contributed by atoms with van der Waals surface area (Å²) >= 11 is 4.62. The average molecular weight is 755 g/mol. The van der Waals surface area contributed by atoms with E-state index in [-0.39, 0.29) is 69.9 Å². The molecule has 0 aliphatic carbocycles. The monoisotopic (exact) mass is 754 g/mol. The van der Waals surface area contributed by atoms with E-state index >= 15 is 0 Å². The van der Waals surface area contributed by atoms with Gasteiger partial charge in [-0.2, -0.15) is 27.4 Å². The molecule has 1 aromatic rings. The smallest absolute Gasteiger partial charge is 0.350 e. The van der Waals surface area contributed by atoms with E-state index in [1.165, 1.54) is 23.5 Å². The zero-order valence-electron chi connectivity index (χ0n) is 24.6. The van der Waals surface area contributed by atoms with Crippen LogP contribution in [-0.2, 0) is 39.5 Å². The second-order valence-corrected chi connectivity index (χ2v) is 16.9. The predicted octanol–water partition coefficient (Wildman–Crippen LogP) is 5.18. The van der Waals surface area contributed by atoms with Gasteiger partial charge in [0, 0.05) is 0 Å². The van der Waals surface area contributed by atoms with Gasteiger partial charge >= 0.3 is 5.97 Å². The third-order valence-electron chi connectivity index (χ3n) is 5.68. The Bertz CT molecular complexity index is 1590. The van der Waals surface area contributed by atoms with Crippen molar-refractivity contribution in [2.24, 2.45) is 0 Å². The summed E-state index contributed by atoms with van der Waals surface area (Å²) in [6.45, 7) is 3.65. The molecular formula is C26H30N2O12S6. The average Bonchev–Trinajstić information content (AvgIpc) is 3.60. The Labute approximate surface area is 284 Å². The number of carbonyl (C=O) groups is 1. The lowest BCUT2D eigenvalue weighted by molar-refractivity contribution is -0.283. The maximum absolute atomic E-state index is 12.6. The number of rotatable bonds is 18. The summed E-state index contributed by atoms with van der Waals surface area (Å²) < 4.78 is 81.1. The molecule has 0 aromatic heterocycles. The van der Waals surface area contributed by atoms with E-state index in [2.05, 4.69) is 6.07 Å². The van der Waals surface area contributed by atoms with Gasteiger partial charge in [-0.15, -0.1) is 0 Å². The fourth-order valence-corrected chi connectivity index (χ4v) is 10.2. The predicted molar refractivity (Wildman–Crippen MR) is 172 cm³/mol. The van der Waals surface area contributed by atoms with Crippen molar-refractivity contribution >= 4 is 73.3 Å². The molecule has 0 radical (unpaired) electrons. The summed E-state index contributed by atoms with van der Waals surface area (Å²) in [5.74, 6) is -0.966. The van der Waals surface area contributed by atoms with Gasteiger partial charge in [-0.05, 0) is 39.5 Å². The van der Waals surface area contributed by atoms with Gasteiger partial charge in [-0.3, -0.25) is 9.11 Å². The number of esters is 1. The van der Waals surface area contributed by atoms with E-state index in [9.17, 15) is 32.2 Å². The number of nitrogens with zero attached hydrogens (tertiary/aromatic N) is 2. The lowest BCUT2D eigenvalue weighted by Crippen LogP contribution is -2.08. The fraction of sp³-hybridized carbons (Fsp3) is 0.500. The highest BCUT2D eigenvalue weighted by Gasteiger charge is 2.39. The Kier molecular flexibility index (Phi) is 14.9. The summed E-state index contributed by atoms with van der Waals surface area (Å²) in [7, 11) is -8.30. The largest absolute Gasteiger partial charge is 0.491 e. The fourth-order valence-electron chi connectivity index (χ4n) is 3.71. The molecule has 2 aliphatic rings. The van der Waals surface area contributed by atoms with Gasteiger partial charge < -0.3 is 14.2 Å². The summed E-state index contributed by atoms with van der Waals surface area (Å²) in [6, 6.07) is 4.02. The van der Waals surface area contributed by atoms with Crippen molar-refractivity contribution < 1.29 is 54.7 Å². The SMILES string of the molecule is CCOOCC(C#N)=C1Sc2c(OCCCCS(=O)(=O)O)c3c(c(OCCCCS(=O)(=O)O)c2S1)SC(=C(C#N)C(=O)OCC)S3. The quantitative estimate of drug-likeness (QED) is 0.0375. The molecule has 14 nitrogen and oxygen atoms in total. The lowest BCUT2D eigenvalue weighted by Gasteiger charge is -2.18. The molecule has 2 aliphatic heterocycles. The summed E-state index contributed by atoms with van der Waals surface area (Å²) in [4.78, 5) is 24.8. The highest BCUT2D eigenvalue weighted by Crippen LogP contribution is 2.68. The Morgan fingerprint density at radius 3 is 1.59 bits per heavy atom. The van der Waals surface area contributed by atoms with Gasteiger partial charge in [0.1, 0.15) is 24.2 Å². The second kappa shape index (κ2) is 17.9. The van der Waals surface area contributed by atoms with Crippen molar-refractivity contribution in [3.63, 3.8) is 0 Å². The van der Waals surface area contributed by atoms with Crippen molar-refractivity contribution in [3.05, 3.63) is 19.6 Å². The van der Waals surface area contributed by atoms with Crippen LogP contribution in [0.2, 0.25) is 0 Å². The second-order valence-electron chi connectivity index (χ2n) is 9.11. The molecule has 0 amide bonds. The first-order valence-electron chi connectivity index (χ1n) is 13.6. The van der Waals surface area contributed by atoms with Gasteiger partial charge in [-0.25, -0.2) is 14.6 Å². The first kappa shape index (κ1) is 38.3. The molecule has 0 bridgehead atoms. The number of carbonyl (C=O) groups excluding carboxylic acids is 1. The Hall–Kier alpha value is -2.11. The van der Waals surface area contributed by atoms with Crippen LogP contribution in [0, 0.1) is 22.7 Å². The van der Waals surface area contributed by atoms with Crippen molar-refractivity contribution in [2.45, 2.75) is 59.1 Å². The number of hydrogen-bond acceptors (Lipinski definition) is 16. The number of nitriles is 2. The molecule has 1 aromatic carbocycles. The molecular weight excluding hydrogens is 725 g/mol. The molecule has 2 heterocycles. The van der Waals surface area contributed by atoms with Crippen molar-refractivity contribution in [2.75, 3.05) is 44.5 Å². The van der Waals surface area contributed by atoms with Crippen LogP contribution in [0.15, 0.2) is 39.2 Å². The van der Waals surface area contributed by atoms with Crippen LogP contribution in [0.4, 0.5) is 0 Å². The number of fused-ring (bicyclic) bond motifs is 2. The highest BCUT2D eigenvalue weighted by atomic mass is 32.2. The molecule has 0 atom stereocenters. The van der Waals surface area contributed by atoms with E-state index in [0.717, 1.165) is 23.5 Å². The number of ether oxygens (including phenoxy) is 3. The maximum atomic E-state index is 12.6. The number of hydrogen-bond donors (Lipinski definition) is 2. The third kappa shape index (κ3) is 11.0. The minimum atomic E-state index is -4.15. The number of unbranched alkanes of at least 4 members (excludes halogenated alkanes) is 2. The van der Waals surface area contributed by atoms with Crippen LogP contribution in [-0.4, -0.2) is 76.5 Å². The van der Waals surface area contributed by atoms with Crippen LogP contribution in [0.3, 0.4) is 0 Å². The first-order chi connectivity index (χ1) is 21.8. The van der Waals surface area contributed by atoms with Crippen LogP contribution >= 0.6 is 47.0 Å². The summed E-state index contributed by atoms with van der Waals surface area (Å²) in [5.41, 5.74) is 0.0557. The van der Waals surface area contributed by atoms with Gasteiger partial charge in [0.15, 0.2) is 5.57 Å². The van der Waals surface area contributed by atoms with Crippen LogP contribution in [0.25, 0.3) is 0 Å². The molecule has 0 spiro atoms. The zero-order chi connectivity index (χ0) is 33.9. The molecule has 252 valence electrons. The van der Waals surface area contributed by atoms with E-state index in [1.54, 1.807) is 13.8 Å². The van der Waals surface area contributed by atoms with E-state index in [4.69, 9.17) is 33.1 Å². The Balaban J connectivity index is 2.09. The number of benzene rings is 1. The van der Waals surface area contributed by atoms with E-state index in [1.807, 2.05) is 6.07 Å². The summed E-state index contributed by atoms with van der Waals surface area (Å²) in [5, 5.41) is 19.7. The maximum Gasteiger partial charge on any atom is 0.350 e. The van der Waals surface area contributed by atoms with Crippen LogP contribution < -0.4 is 9.47 Å². The van der Waals surface area contributed by atoms with E-state index < -0.39 is 37.7 Å². The minimum Gasteiger partial charge on any atom is -0.491 e. The standard InChI is InChI=1S/C26H30N2O12S6/c1-3-36-24(29)17(14-28)26-43-22-18(37-9-5-7-11-45(30,31)32)20-21(42-25(41-20)16(13-27)15-40-39-4-2)19(23(22)44-26)38-10-6-8-12-46(33,34)35/h3-12,15H2,1-2H3,(H,30,31,32)(H,33,34,35). The molecule has 3 rings (SSSR count). The third-order valence-corrected chi connectivity index (χ3v) is 12.6. The van der Waals surface area contributed by atoms with Crippen molar-refractivity contribution in [1.82, 2.24) is 0 Å². The zero-order valence-corrected chi connectivity index (χ0v) is 29.5. The molecule has 0 unspecified atom stereocenters. The highest BCUT2D eigenvalue weighted by molar-refractivity contribution is 8.26. The Morgan fingerprint density at radius 1 is 0.717 bits per heavy atom. The van der Waals surface area contributed by atoms with Gasteiger partial charge in [0.2, 0.25) is 0 Å². The van der Waals surface area contributed by atoms with Crippen LogP contribution in [0.1, 0.15) is 39.5 Å².